The van der Waals surface area contributed by atoms with E-state index in [1.54, 1.807) is 6.26 Å². The van der Waals surface area contributed by atoms with Crippen molar-refractivity contribution in [1.82, 2.24) is 10.6 Å². The first kappa shape index (κ1) is 13.6. The highest BCUT2D eigenvalue weighted by Crippen LogP contribution is 2.17. The standard InChI is InChI=1S/C11H22N2O2S/c1-9(8-16(2)15)13-11(14)7-12-10-5-3-4-6-10/h9-10,12H,3-8H2,1-2H3,(H,13,14). The van der Waals surface area contributed by atoms with E-state index in [1.165, 1.54) is 25.7 Å². The van der Waals surface area contributed by atoms with Crippen LogP contribution in [0, 0.1) is 0 Å². The van der Waals surface area contributed by atoms with Gasteiger partial charge in [-0.1, -0.05) is 12.8 Å². The zero-order valence-electron chi connectivity index (χ0n) is 10.1. The highest BCUT2D eigenvalue weighted by Gasteiger charge is 2.15. The highest BCUT2D eigenvalue weighted by molar-refractivity contribution is 7.84. The molecule has 0 bridgehead atoms. The van der Waals surface area contributed by atoms with Crippen LogP contribution in [0.5, 0.6) is 0 Å². The van der Waals surface area contributed by atoms with Gasteiger partial charge in [-0.05, 0) is 19.8 Å². The lowest BCUT2D eigenvalue weighted by Gasteiger charge is -2.15. The molecule has 4 nitrogen and oxygen atoms in total. The Kier molecular flexibility index (Phi) is 5.98. The molecule has 0 spiro atoms. The van der Waals surface area contributed by atoms with E-state index >= 15 is 0 Å². The summed E-state index contributed by atoms with van der Waals surface area (Å²) in [6.45, 7) is 2.26. The zero-order chi connectivity index (χ0) is 12.0. The van der Waals surface area contributed by atoms with Crippen molar-refractivity contribution in [2.75, 3.05) is 18.6 Å². The number of carbonyl (C=O) groups excluding carboxylic acids is 1. The largest absolute Gasteiger partial charge is 0.352 e. The van der Waals surface area contributed by atoms with Crippen LogP contribution < -0.4 is 10.6 Å². The Balaban J connectivity index is 2.12. The van der Waals surface area contributed by atoms with Crippen LogP contribution in [-0.2, 0) is 15.6 Å². The predicted molar refractivity (Wildman–Crippen MR) is 66.8 cm³/mol. The Hall–Kier alpha value is -0.420. The van der Waals surface area contributed by atoms with Gasteiger partial charge in [-0.3, -0.25) is 9.00 Å². The van der Waals surface area contributed by atoms with E-state index in [0.717, 1.165) is 0 Å². The summed E-state index contributed by atoms with van der Waals surface area (Å²) >= 11 is 0. The third kappa shape index (κ3) is 5.61. The predicted octanol–water partition coefficient (Wildman–Crippen LogP) is 0.402. The van der Waals surface area contributed by atoms with Gasteiger partial charge in [0.05, 0.1) is 6.54 Å². The molecule has 1 amide bonds. The molecule has 1 aliphatic carbocycles. The molecule has 0 radical (unpaired) electrons. The summed E-state index contributed by atoms with van der Waals surface area (Å²) in [5, 5.41) is 6.09. The van der Waals surface area contributed by atoms with Gasteiger partial charge < -0.3 is 10.6 Å². The quantitative estimate of drug-likeness (QED) is 0.713. The van der Waals surface area contributed by atoms with E-state index in [9.17, 15) is 9.00 Å². The molecule has 0 aliphatic heterocycles. The molecule has 2 unspecified atom stereocenters. The number of nitrogens with one attached hydrogen (secondary N) is 2. The molecule has 5 heteroatoms. The van der Waals surface area contributed by atoms with E-state index in [1.807, 2.05) is 6.92 Å². The van der Waals surface area contributed by atoms with Gasteiger partial charge in [-0.25, -0.2) is 0 Å². The van der Waals surface area contributed by atoms with Crippen molar-refractivity contribution in [3.63, 3.8) is 0 Å². The van der Waals surface area contributed by atoms with Gasteiger partial charge >= 0.3 is 0 Å². The van der Waals surface area contributed by atoms with Gasteiger partial charge in [0.25, 0.3) is 0 Å². The first-order valence-electron chi connectivity index (χ1n) is 5.90. The van der Waals surface area contributed by atoms with Crippen LogP contribution in [-0.4, -0.2) is 40.8 Å². The second-order valence-corrected chi connectivity index (χ2v) is 6.05. The van der Waals surface area contributed by atoms with Gasteiger partial charge in [0.2, 0.25) is 5.91 Å². The SMILES string of the molecule is CC(CS(C)=O)NC(=O)CNC1CCCC1. The summed E-state index contributed by atoms with van der Waals surface area (Å²) in [4.78, 5) is 11.5. The average Bonchev–Trinajstić information content (AvgIpc) is 2.65. The zero-order valence-corrected chi connectivity index (χ0v) is 10.9. The van der Waals surface area contributed by atoms with Crippen molar-refractivity contribution in [2.24, 2.45) is 0 Å². The molecule has 0 heterocycles. The lowest BCUT2D eigenvalue weighted by molar-refractivity contribution is -0.120. The molecular weight excluding hydrogens is 224 g/mol. The molecule has 0 aromatic rings. The summed E-state index contributed by atoms with van der Waals surface area (Å²) in [6.07, 6.45) is 6.55. The summed E-state index contributed by atoms with van der Waals surface area (Å²) < 4.78 is 10.9. The maximum atomic E-state index is 11.5. The van der Waals surface area contributed by atoms with Crippen molar-refractivity contribution < 1.29 is 9.00 Å². The number of carbonyl (C=O) groups is 1. The molecule has 2 N–H and O–H groups in total. The van der Waals surface area contributed by atoms with Crippen molar-refractivity contribution in [3.8, 4) is 0 Å². The van der Waals surface area contributed by atoms with Crippen molar-refractivity contribution in [3.05, 3.63) is 0 Å². The molecule has 1 saturated carbocycles. The third-order valence-electron chi connectivity index (χ3n) is 2.80. The Morgan fingerprint density at radius 3 is 2.62 bits per heavy atom. The maximum absolute atomic E-state index is 11.5. The molecule has 0 aromatic heterocycles. The Bertz CT molecular complexity index is 252. The Labute approximate surface area is 100 Å². The van der Waals surface area contributed by atoms with Crippen LogP contribution in [0.4, 0.5) is 0 Å². The third-order valence-corrected chi connectivity index (χ3v) is 3.77. The molecule has 94 valence electrons. The van der Waals surface area contributed by atoms with Crippen LogP contribution in [0.2, 0.25) is 0 Å². The summed E-state index contributed by atoms with van der Waals surface area (Å²) in [6, 6.07) is 0.505. The van der Waals surface area contributed by atoms with Gasteiger partial charge in [0, 0.05) is 34.9 Å². The number of hydrogen-bond acceptors (Lipinski definition) is 3. The van der Waals surface area contributed by atoms with Gasteiger partial charge in [-0.15, -0.1) is 0 Å². The summed E-state index contributed by atoms with van der Waals surface area (Å²) in [7, 11) is -0.853. The van der Waals surface area contributed by atoms with E-state index in [0.29, 0.717) is 18.3 Å². The monoisotopic (exact) mass is 246 g/mol. The van der Waals surface area contributed by atoms with Crippen molar-refractivity contribution >= 4 is 16.7 Å². The smallest absolute Gasteiger partial charge is 0.234 e. The first-order valence-corrected chi connectivity index (χ1v) is 7.63. The minimum atomic E-state index is -0.853. The van der Waals surface area contributed by atoms with Gasteiger partial charge in [0.1, 0.15) is 0 Å². The molecule has 0 aromatic carbocycles. The van der Waals surface area contributed by atoms with Crippen LogP contribution in [0.15, 0.2) is 0 Å². The molecule has 1 fully saturated rings. The van der Waals surface area contributed by atoms with Gasteiger partial charge in [-0.2, -0.15) is 0 Å². The van der Waals surface area contributed by atoms with Crippen molar-refractivity contribution in [2.45, 2.75) is 44.7 Å². The van der Waals surface area contributed by atoms with E-state index in [2.05, 4.69) is 10.6 Å². The molecule has 2 atom stereocenters. The highest BCUT2D eigenvalue weighted by atomic mass is 32.2. The molecule has 16 heavy (non-hydrogen) atoms. The Morgan fingerprint density at radius 2 is 2.06 bits per heavy atom. The second kappa shape index (κ2) is 7.01. The molecular formula is C11H22N2O2S. The summed E-state index contributed by atoms with van der Waals surface area (Å²) in [5.41, 5.74) is 0. The maximum Gasteiger partial charge on any atom is 0.234 e. The molecule has 0 saturated heterocycles. The topological polar surface area (TPSA) is 58.2 Å². The first-order chi connectivity index (χ1) is 7.58. The van der Waals surface area contributed by atoms with E-state index in [4.69, 9.17) is 0 Å². The average molecular weight is 246 g/mol. The number of amides is 1. The number of rotatable bonds is 6. The summed E-state index contributed by atoms with van der Waals surface area (Å²) in [5.74, 6) is 0.527. The fraction of sp³-hybridized carbons (Fsp3) is 0.909. The normalized spacial score (nSPS) is 20.6. The van der Waals surface area contributed by atoms with E-state index in [-0.39, 0.29) is 11.9 Å². The fourth-order valence-corrected chi connectivity index (χ4v) is 2.87. The van der Waals surface area contributed by atoms with Crippen molar-refractivity contribution in [1.29, 1.82) is 0 Å². The van der Waals surface area contributed by atoms with E-state index < -0.39 is 10.8 Å². The fourth-order valence-electron chi connectivity index (χ4n) is 2.09. The number of hydrogen-bond donors (Lipinski definition) is 2. The van der Waals surface area contributed by atoms with Crippen LogP contribution in [0.3, 0.4) is 0 Å². The van der Waals surface area contributed by atoms with Crippen LogP contribution >= 0.6 is 0 Å². The van der Waals surface area contributed by atoms with Crippen LogP contribution in [0.25, 0.3) is 0 Å². The van der Waals surface area contributed by atoms with Crippen LogP contribution in [0.1, 0.15) is 32.6 Å². The minimum absolute atomic E-state index is 0.00449. The molecule has 1 rings (SSSR count). The minimum Gasteiger partial charge on any atom is -0.352 e. The lowest BCUT2D eigenvalue weighted by Crippen LogP contribution is -2.43. The van der Waals surface area contributed by atoms with Gasteiger partial charge in [0.15, 0.2) is 0 Å². The Morgan fingerprint density at radius 1 is 1.44 bits per heavy atom. The second-order valence-electron chi connectivity index (χ2n) is 4.57. The molecule has 1 aliphatic rings. The lowest BCUT2D eigenvalue weighted by atomic mass is 10.2.